The number of ether oxygens (including phenoxy) is 1. The van der Waals surface area contributed by atoms with Gasteiger partial charge in [0.05, 0.1) is 5.69 Å². The Balaban J connectivity index is 1.54. The third kappa shape index (κ3) is 3.88. The summed E-state index contributed by atoms with van der Waals surface area (Å²) in [5.41, 5.74) is 1.65. The van der Waals surface area contributed by atoms with Crippen LogP contribution in [-0.2, 0) is 21.4 Å². The summed E-state index contributed by atoms with van der Waals surface area (Å²) in [7, 11) is -4.02. The molecular formula is C19H17BrClFN2O4S. The highest BCUT2D eigenvalue weighted by atomic mass is 79.9. The Morgan fingerprint density at radius 2 is 1.86 bits per heavy atom. The number of hydrogen-bond donors (Lipinski definition) is 0. The lowest BCUT2D eigenvalue weighted by atomic mass is 10.0. The van der Waals surface area contributed by atoms with Crippen LogP contribution in [0.3, 0.4) is 0 Å². The quantitative estimate of drug-likeness (QED) is 0.616. The first kappa shape index (κ1) is 20.6. The number of cyclic esters (lactones) is 1. The number of fused-ring (bicyclic) bond motifs is 1. The molecule has 0 unspecified atom stereocenters. The van der Waals surface area contributed by atoms with Gasteiger partial charge in [0, 0.05) is 34.2 Å². The molecule has 10 heteroatoms. The summed E-state index contributed by atoms with van der Waals surface area (Å²) in [6, 6.07) is 8.86. The average molecular weight is 504 g/mol. The zero-order valence-electron chi connectivity index (χ0n) is 15.1. The number of carbonyl (C=O) groups excluding carboxylic acids is 1. The molecule has 0 N–H and O–H groups in total. The standard InChI is InChI=1S/C19H17BrClFN2O4S/c20-13-1-4-17-12(9-13)11-28-19(25)24(17)15-5-7-23(8-6-15)29(26,27)18-10-14(21)2-3-16(18)22/h1-4,9-10,15H,5-8,11H2. The molecule has 2 aromatic rings. The molecule has 0 spiro atoms. The van der Waals surface area contributed by atoms with Crippen LogP contribution in [0.15, 0.2) is 45.8 Å². The van der Waals surface area contributed by atoms with Crippen molar-refractivity contribution < 1.29 is 22.3 Å². The van der Waals surface area contributed by atoms with Crippen molar-refractivity contribution in [1.29, 1.82) is 0 Å². The van der Waals surface area contributed by atoms with Gasteiger partial charge >= 0.3 is 6.09 Å². The lowest BCUT2D eigenvalue weighted by Crippen LogP contribution is -2.50. The maximum Gasteiger partial charge on any atom is 0.414 e. The molecule has 0 aromatic heterocycles. The van der Waals surface area contributed by atoms with Crippen LogP contribution in [0.2, 0.25) is 5.02 Å². The number of rotatable bonds is 3. The molecule has 154 valence electrons. The van der Waals surface area contributed by atoms with E-state index in [0.29, 0.717) is 12.8 Å². The van der Waals surface area contributed by atoms with Gasteiger partial charge in [0.1, 0.15) is 17.3 Å². The van der Waals surface area contributed by atoms with Crippen molar-refractivity contribution in [3.63, 3.8) is 0 Å². The lowest BCUT2D eigenvalue weighted by Gasteiger charge is -2.39. The van der Waals surface area contributed by atoms with Crippen LogP contribution in [0.25, 0.3) is 0 Å². The molecule has 0 aliphatic carbocycles. The van der Waals surface area contributed by atoms with Crippen LogP contribution in [0, 0.1) is 5.82 Å². The SMILES string of the molecule is O=C1OCc2cc(Br)ccc2N1C1CCN(S(=O)(=O)c2cc(Cl)ccc2F)CC1. The van der Waals surface area contributed by atoms with Crippen molar-refractivity contribution in [1.82, 2.24) is 4.31 Å². The number of halogens is 3. The largest absolute Gasteiger partial charge is 0.444 e. The first-order valence-corrected chi connectivity index (χ1v) is 11.6. The normalized spacial score (nSPS) is 18.4. The van der Waals surface area contributed by atoms with Gasteiger partial charge in [-0.25, -0.2) is 17.6 Å². The zero-order valence-corrected chi connectivity index (χ0v) is 18.3. The van der Waals surface area contributed by atoms with Crippen LogP contribution in [0.5, 0.6) is 0 Å². The summed E-state index contributed by atoms with van der Waals surface area (Å²) in [6.45, 7) is 0.522. The second-order valence-electron chi connectivity index (χ2n) is 6.91. The molecule has 2 aromatic carbocycles. The highest BCUT2D eigenvalue weighted by Crippen LogP contribution is 2.34. The smallest absolute Gasteiger partial charge is 0.414 e. The summed E-state index contributed by atoms with van der Waals surface area (Å²) in [5.74, 6) is -0.837. The van der Waals surface area contributed by atoms with Gasteiger partial charge in [0.25, 0.3) is 0 Å². The minimum Gasteiger partial charge on any atom is -0.444 e. The highest BCUT2D eigenvalue weighted by molar-refractivity contribution is 9.10. The molecule has 2 aliphatic heterocycles. The second kappa shape index (κ2) is 7.86. The summed E-state index contributed by atoms with van der Waals surface area (Å²) < 4.78 is 47.2. The van der Waals surface area contributed by atoms with E-state index in [-0.39, 0.29) is 30.8 Å². The Morgan fingerprint density at radius 3 is 2.59 bits per heavy atom. The Labute approximate surface area is 181 Å². The topological polar surface area (TPSA) is 66.9 Å². The molecule has 1 amide bonds. The Bertz CT molecular complexity index is 1070. The molecule has 29 heavy (non-hydrogen) atoms. The Morgan fingerprint density at radius 1 is 1.14 bits per heavy atom. The fraction of sp³-hybridized carbons (Fsp3) is 0.316. The predicted molar refractivity (Wildman–Crippen MR) is 110 cm³/mol. The lowest BCUT2D eigenvalue weighted by molar-refractivity contribution is 0.135. The number of piperidine rings is 1. The van der Waals surface area contributed by atoms with Crippen molar-refractivity contribution >= 4 is 49.3 Å². The maximum absolute atomic E-state index is 14.1. The molecule has 6 nitrogen and oxygen atoms in total. The molecule has 0 saturated carbocycles. The first-order valence-electron chi connectivity index (χ1n) is 8.97. The van der Waals surface area contributed by atoms with E-state index >= 15 is 0 Å². The average Bonchev–Trinajstić information content (AvgIpc) is 2.70. The monoisotopic (exact) mass is 502 g/mol. The fourth-order valence-corrected chi connectivity index (χ4v) is 5.92. The summed E-state index contributed by atoms with van der Waals surface area (Å²) in [5, 5.41) is 0.152. The number of hydrogen-bond acceptors (Lipinski definition) is 4. The fourth-order valence-electron chi connectivity index (χ4n) is 3.71. The molecular weight excluding hydrogens is 487 g/mol. The van der Waals surface area contributed by atoms with E-state index < -0.39 is 26.8 Å². The van der Waals surface area contributed by atoms with Crippen molar-refractivity contribution in [2.75, 3.05) is 18.0 Å². The number of amides is 1. The van der Waals surface area contributed by atoms with Crippen molar-refractivity contribution in [3.8, 4) is 0 Å². The number of sulfonamides is 1. The van der Waals surface area contributed by atoms with Gasteiger partial charge in [-0.1, -0.05) is 27.5 Å². The predicted octanol–water partition coefficient (Wildman–Crippen LogP) is 4.55. The summed E-state index contributed by atoms with van der Waals surface area (Å²) >= 11 is 9.26. The zero-order chi connectivity index (χ0) is 20.8. The molecule has 2 heterocycles. The maximum atomic E-state index is 14.1. The molecule has 0 bridgehead atoms. The molecule has 0 atom stereocenters. The second-order valence-corrected chi connectivity index (χ2v) is 10.2. The van der Waals surface area contributed by atoms with E-state index in [9.17, 15) is 17.6 Å². The third-order valence-electron chi connectivity index (χ3n) is 5.15. The van der Waals surface area contributed by atoms with E-state index in [1.54, 1.807) is 4.90 Å². The third-order valence-corrected chi connectivity index (χ3v) is 7.79. The van der Waals surface area contributed by atoms with Gasteiger partial charge in [-0.3, -0.25) is 4.90 Å². The highest BCUT2D eigenvalue weighted by Gasteiger charge is 2.37. The van der Waals surface area contributed by atoms with Crippen LogP contribution in [0.1, 0.15) is 18.4 Å². The van der Waals surface area contributed by atoms with E-state index in [1.807, 2.05) is 18.2 Å². The summed E-state index contributed by atoms with van der Waals surface area (Å²) in [6.07, 6.45) is 0.375. The van der Waals surface area contributed by atoms with Crippen LogP contribution in [0.4, 0.5) is 14.9 Å². The number of benzene rings is 2. The van der Waals surface area contributed by atoms with Crippen molar-refractivity contribution in [2.45, 2.75) is 30.4 Å². The molecule has 0 radical (unpaired) electrons. The molecule has 2 aliphatic rings. The van der Waals surface area contributed by atoms with Gasteiger partial charge in [-0.2, -0.15) is 4.31 Å². The molecule has 1 saturated heterocycles. The van der Waals surface area contributed by atoms with Gasteiger partial charge < -0.3 is 4.74 Å². The van der Waals surface area contributed by atoms with E-state index in [2.05, 4.69) is 15.9 Å². The number of carbonyl (C=O) groups is 1. The summed E-state index contributed by atoms with van der Waals surface area (Å²) in [4.78, 5) is 13.6. The molecule has 4 rings (SSSR count). The van der Waals surface area contributed by atoms with E-state index in [1.165, 1.54) is 10.4 Å². The van der Waals surface area contributed by atoms with Crippen molar-refractivity contribution in [2.24, 2.45) is 0 Å². The number of nitrogens with zero attached hydrogens (tertiary/aromatic N) is 2. The first-order chi connectivity index (χ1) is 13.8. The Kier molecular flexibility index (Phi) is 5.58. The number of anilines is 1. The van der Waals surface area contributed by atoms with Gasteiger partial charge in [-0.05, 0) is 49.2 Å². The Hall–Kier alpha value is -1.68. The van der Waals surface area contributed by atoms with Crippen LogP contribution in [-0.4, -0.2) is 37.9 Å². The van der Waals surface area contributed by atoms with Gasteiger partial charge in [-0.15, -0.1) is 0 Å². The van der Waals surface area contributed by atoms with Crippen molar-refractivity contribution in [3.05, 3.63) is 57.3 Å². The van der Waals surface area contributed by atoms with E-state index in [0.717, 1.165) is 27.9 Å². The van der Waals surface area contributed by atoms with E-state index in [4.69, 9.17) is 16.3 Å². The van der Waals surface area contributed by atoms with Gasteiger partial charge in [0.2, 0.25) is 10.0 Å². The van der Waals surface area contributed by atoms with Gasteiger partial charge in [0.15, 0.2) is 0 Å². The minimum absolute atomic E-state index is 0.152. The van der Waals surface area contributed by atoms with Crippen LogP contribution >= 0.6 is 27.5 Å². The van der Waals surface area contributed by atoms with Crippen LogP contribution < -0.4 is 4.90 Å². The molecule has 1 fully saturated rings. The minimum atomic E-state index is -4.02.